The van der Waals surface area contributed by atoms with E-state index in [2.05, 4.69) is 31.7 Å². The molecule has 0 aliphatic carbocycles. The van der Waals surface area contributed by atoms with Gasteiger partial charge >= 0.3 is 0 Å². The van der Waals surface area contributed by atoms with Crippen LogP contribution < -0.4 is 0 Å². The van der Waals surface area contributed by atoms with Gasteiger partial charge in [0.1, 0.15) is 0 Å². The zero-order valence-electron chi connectivity index (χ0n) is 9.79. The van der Waals surface area contributed by atoms with Crippen molar-refractivity contribution in [2.75, 3.05) is 20.3 Å². The highest BCUT2D eigenvalue weighted by atomic mass is 16.5. The number of nitrogens with zero attached hydrogens (tertiary/aromatic N) is 2. The molecule has 0 saturated carbocycles. The molecule has 0 heterocycles. The van der Waals surface area contributed by atoms with Gasteiger partial charge in [-0.05, 0) is 20.3 Å². The lowest BCUT2D eigenvalue weighted by molar-refractivity contribution is 0.0950. The van der Waals surface area contributed by atoms with Gasteiger partial charge in [-0.1, -0.05) is 6.92 Å². The van der Waals surface area contributed by atoms with E-state index in [1.165, 1.54) is 0 Å². The molecule has 0 saturated heterocycles. The minimum absolute atomic E-state index is 0.371. The second kappa shape index (κ2) is 7.78. The monoisotopic (exact) mass is 198 g/mol. The summed E-state index contributed by atoms with van der Waals surface area (Å²) in [4.78, 5) is 2.34. The Morgan fingerprint density at radius 1 is 1.43 bits per heavy atom. The van der Waals surface area contributed by atoms with Crippen LogP contribution in [0.2, 0.25) is 0 Å². The fraction of sp³-hybridized carbons (Fsp3) is 0.909. The van der Waals surface area contributed by atoms with E-state index in [4.69, 9.17) is 10.00 Å². The summed E-state index contributed by atoms with van der Waals surface area (Å²) in [5.41, 5.74) is 0. The van der Waals surface area contributed by atoms with Crippen LogP contribution in [-0.4, -0.2) is 37.2 Å². The number of hydrogen-bond acceptors (Lipinski definition) is 3. The molecule has 82 valence electrons. The predicted octanol–water partition coefficient (Wildman–Crippen LogP) is 2.04. The van der Waals surface area contributed by atoms with Crippen LogP contribution in [0.3, 0.4) is 0 Å². The van der Waals surface area contributed by atoms with Crippen molar-refractivity contribution in [3.05, 3.63) is 0 Å². The lowest BCUT2D eigenvalue weighted by atomic mass is 10.1. The Balaban J connectivity index is 4.21. The maximum Gasteiger partial charge on any atom is 0.0638 e. The largest absolute Gasteiger partial charge is 0.383 e. The van der Waals surface area contributed by atoms with Crippen molar-refractivity contribution in [2.24, 2.45) is 0 Å². The average Bonchev–Trinajstić information content (AvgIpc) is 2.16. The number of ether oxygens (including phenoxy) is 1. The van der Waals surface area contributed by atoms with Gasteiger partial charge in [-0.2, -0.15) is 5.26 Å². The van der Waals surface area contributed by atoms with E-state index in [1.807, 2.05) is 0 Å². The normalized spacial score (nSPS) is 13.2. The molecule has 1 atom stereocenters. The van der Waals surface area contributed by atoms with Crippen LogP contribution in [0.5, 0.6) is 0 Å². The first-order chi connectivity index (χ1) is 6.67. The predicted molar refractivity (Wildman–Crippen MR) is 58.0 cm³/mol. The summed E-state index contributed by atoms with van der Waals surface area (Å²) in [7, 11) is 1.71. The molecule has 0 bridgehead atoms. The molecule has 0 rings (SSSR count). The van der Waals surface area contributed by atoms with E-state index >= 15 is 0 Å². The molecular formula is C11H22N2O. The Labute approximate surface area is 87.7 Å². The highest BCUT2D eigenvalue weighted by Gasteiger charge is 2.18. The molecule has 0 amide bonds. The highest BCUT2D eigenvalue weighted by molar-refractivity contribution is 4.83. The summed E-state index contributed by atoms with van der Waals surface area (Å²) in [6.45, 7) is 8.10. The first-order valence-corrected chi connectivity index (χ1v) is 5.29. The molecule has 0 aliphatic heterocycles. The molecule has 1 unspecified atom stereocenters. The summed E-state index contributed by atoms with van der Waals surface area (Å²) in [6, 6.07) is 3.09. The molecule has 14 heavy (non-hydrogen) atoms. The third kappa shape index (κ3) is 4.59. The summed E-state index contributed by atoms with van der Waals surface area (Å²) < 4.78 is 5.07. The average molecular weight is 198 g/mol. The zero-order chi connectivity index (χ0) is 11.0. The SMILES string of the molecule is CCC(CC#N)N(CCOC)C(C)C. The van der Waals surface area contributed by atoms with Crippen LogP contribution in [0, 0.1) is 11.3 Å². The third-order valence-corrected chi connectivity index (χ3v) is 2.48. The second-order valence-electron chi connectivity index (χ2n) is 3.75. The minimum Gasteiger partial charge on any atom is -0.383 e. The van der Waals surface area contributed by atoms with E-state index in [9.17, 15) is 0 Å². The minimum atomic E-state index is 0.371. The van der Waals surface area contributed by atoms with Crippen molar-refractivity contribution in [3.63, 3.8) is 0 Å². The van der Waals surface area contributed by atoms with E-state index in [0.29, 0.717) is 18.5 Å². The topological polar surface area (TPSA) is 36.3 Å². The van der Waals surface area contributed by atoms with E-state index < -0.39 is 0 Å². The lowest BCUT2D eigenvalue weighted by Crippen LogP contribution is -2.42. The Morgan fingerprint density at radius 2 is 2.07 bits per heavy atom. The van der Waals surface area contributed by atoms with Gasteiger partial charge in [0.15, 0.2) is 0 Å². The molecule has 0 aromatic carbocycles. The second-order valence-corrected chi connectivity index (χ2v) is 3.75. The van der Waals surface area contributed by atoms with Gasteiger partial charge in [0, 0.05) is 25.7 Å². The fourth-order valence-electron chi connectivity index (χ4n) is 1.66. The Kier molecular flexibility index (Phi) is 7.45. The third-order valence-electron chi connectivity index (χ3n) is 2.48. The molecule has 0 fully saturated rings. The van der Waals surface area contributed by atoms with Crippen molar-refractivity contribution in [1.82, 2.24) is 4.90 Å². The number of nitriles is 1. The van der Waals surface area contributed by atoms with Crippen LogP contribution in [-0.2, 0) is 4.74 Å². The molecule has 3 heteroatoms. The van der Waals surface area contributed by atoms with Crippen LogP contribution in [0.15, 0.2) is 0 Å². The number of hydrogen-bond donors (Lipinski definition) is 0. The highest BCUT2D eigenvalue weighted by Crippen LogP contribution is 2.11. The molecule has 0 aliphatic rings. The summed E-state index contributed by atoms with van der Waals surface area (Å²) in [5, 5.41) is 8.72. The summed E-state index contributed by atoms with van der Waals surface area (Å²) in [5.74, 6) is 0. The standard InChI is InChI=1S/C11H22N2O/c1-5-11(6-7-12)13(10(2)3)8-9-14-4/h10-11H,5-6,8-9H2,1-4H3. The molecular weight excluding hydrogens is 176 g/mol. The maximum absolute atomic E-state index is 8.72. The van der Waals surface area contributed by atoms with Crippen LogP contribution in [0.1, 0.15) is 33.6 Å². The first kappa shape index (κ1) is 13.4. The van der Waals surface area contributed by atoms with Gasteiger partial charge in [0.25, 0.3) is 0 Å². The van der Waals surface area contributed by atoms with Gasteiger partial charge in [0.2, 0.25) is 0 Å². The lowest BCUT2D eigenvalue weighted by Gasteiger charge is -2.32. The summed E-state index contributed by atoms with van der Waals surface area (Å²) in [6.07, 6.45) is 1.63. The van der Waals surface area contributed by atoms with Crippen LogP contribution in [0.25, 0.3) is 0 Å². The van der Waals surface area contributed by atoms with Gasteiger partial charge in [-0.3, -0.25) is 4.90 Å². The van der Waals surface area contributed by atoms with Crippen molar-refractivity contribution in [1.29, 1.82) is 5.26 Å². The molecule has 3 nitrogen and oxygen atoms in total. The maximum atomic E-state index is 8.72. The smallest absolute Gasteiger partial charge is 0.0638 e. The van der Waals surface area contributed by atoms with Crippen molar-refractivity contribution in [2.45, 2.75) is 45.7 Å². The van der Waals surface area contributed by atoms with Gasteiger partial charge in [-0.25, -0.2) is 0 Å². The molecule has 0 spiro atoms. The quantitative estimate of drug-likeness (QED) is 0.628. The van der Waals surface area contributed by atoms with Gasteiger partial charge in [0.05, 0.1) is 19.1 Å². The molecule has 0 radical (unpaired) electrons. The Hall–Kier alpha value is -0.590. The molecule has 0 aromatic heterocycles. The van der Waals surface area contributed by atoms with E-state index in [-0.39, 0.29) is 0 Å². The van der Waals surface area contributed by atoms with Crippen molar-refractivity contribution < 1.29 is 4.74 Å². The Morgan fingerprint density at radius 3 is 2.43 bits per heavy atom. The van der Waals surface area contributed by atoms with Crippen molar-refractivity contribution in [3.8, 4) is 6.07 Å². The number of rotatable bonds is 7. The summed E-state index contributed by atoms with van der Waals surface area (Å²) >= 11 is 0. The fourth-order valence-corrected chi connectivity index (χ4v) is 1.66. The first-order valence-electron chi connectivity index (χ1n) is 5.29. The molecule has 0 aromatic rings. The Bertz CT molecular complexity index is 175. The number of methoxy groups -OCH3 is 1. The van der Waals surface area contributed by atoms with Crippen LogP contribution in [0.4, 0.5) is 0 Å². The zero-order valence-corrected chi connectivity index (χ0v) is 9.79. The van der Waals surface area contributed by atoms with E-state index in [1.54, 1.807) is 7.11 Å². The van der Waals surface area contributed by atoms with Crippen molar-refractivity contribution >= 4 is 0 Å². The van der Waals surface area contributed by atoms with Gasteiger partial charge in [-0.15, -0.1) is 0 Å². The van der Waals surface area contributed by atoms with Crippen LogP contribution >= 0.6 is 0 Å². The van der Waals surface area contributed by atoms with Gasteiger partial charge < -0.3 is 4.74 Å². The van der Waals surface area contributed by atoms with E-state index in [0.717, 1.165) is 19.6 Å². The molecule has 0 N–H and O–H groups in total.